The number of aryl methyl sites for hydroxylation is 1. The van der Waals surface area contributed by atoms with Crippen LogP contribution in [0.3, 0.4) is 0 Å². The number of nitrogens with one attached hydrogen (secondary N) is 1. The Morgan fingerprint density at radius 2 is 1.34 bits per heavy atom. The first kappa shape index (κ1) is 32.4. The molecule has 4 aromatic rings. The Morgan fingerprint density at radius 1 is 0.795 bits per heavy atom. The summed E-state index contributed by atoms with van der Waals surface area (Å²) in [5.41, 5.74) is 1.56. The molecular formula is C35H38FN3O4S. The van der Waals surface area contributed by atoms with Crippen LogP contribution in [0, 0.1) is 12.7 Å². The normalized spacial score (nSPS) is 12.3. The van der Waals surface area contributed by atoms with Gasteiger partial charge in [-0.15, -0.1) is 0 Å². The smallest absolute Gasteiger partial charge is 0.264 e. The van der Waals surface area contributed by atoms with Crippen molar-refractivity contribution in [3.8, 4) is 0 Å². The van der Waals surface area contributed by atoms with Crippen molar-refractivity contribution in [2.24, 2.45) is 0 Å². The number of carbonyl (C=O) groups excluding carboxylic acids is 2. The lowest BCUT2D eigenvalue weighted by Gasteiger charge is -2.35. The number of hydrogen-bond donors (Lipinski definition) is 1. The van der Waals surface area contributed by atoms with Crippen molar-refractivity contribution in [2.75, 3.05) is 10.8 Å². The number of nitrogens with zero attached hydrogens (tertiary/aromatic N) is 2. The largest absolute Gasteiger partial charge is 0.350 e. The summed E-state index contributed by atoms with van der Waals surface area (Å²) in [7, 11) is -4.38. The van der Waals surface area contributed by atoms with Crippen LogP contribution in [0.4, 0.5) is 10.1 Å². The maximum absolute atomic E-state index is 15.2. The van der Waals surface area contributed by atoms with Gasteiger partial charge in [0.1, 0.15) is 18.4 Å². The summed E-state index contributed by atoms with van der Waals surface area (Å²) in [6, 6.07) is 29.1. The number of anilines is 1. The molecule has 1 N–H and O–H groups in total. The number of halogens is 1. The van der Waals surface area contributed by atoms with Gasteiger partial charge in [-0.1, -0.05) is 90.5 Å². The number of para-hydroxylation sites is 1. The fraction of sp³-hybridized carbons (Fsp3) is 0.257. The number of benzene rings is 4. The van der Waals surface area contributed by atoms with Gasteiger partial charge in [0.2, 0.25) is 11.8 Å². The van der Waals surface area contributed by atoms with E-state index in [0.29, 0.717) is 0 Å². The van der Waals surface area contributed by atoms with Crippen LogP contribution in [0.25, 0.3) is 0 Å². The lowest BCUT2D eigenvalue weighted by molar-refractivity contribution is -0.140. The zero-order valence-electron chi connectivity index (χ0n) is 25.4. The van der Waals surface area contributed by atoms with E-state index in [1.807, 2.05) is 88.4 Å². The van der Waals surface area contributed by atoms with Gasteiger partial charge >= 0.3 is 0 Å². The summed E-state index contributed by atoms with van der Waals surface area (Å²) in [4.78, 5) is 29.6. The summed E-state index contributed by atoms with van der Waals surface area (Å²) in [5, 5.41) is 2.99. The second kappa shape index (κ2) is 13.9. The van der Waals surface area contributed by atoms with Gasteiger partial charge in [0, 0.05) is 18.5 Å². The summed E-state index contributed by atoms with van der Waals surface area (Å²) in [6.45, 7) is 6.68. The van der Waals surface area contributed by atoms with E-state index < -0.39 is 39.9 Å². The molecule has 0 fully saturated rings. The molecule has 7 nitrogen and oxygen atoms in total. The van der Waals surface area contributed by atoms with Crippen molar-refractivity contribution in [2.45, 2.75) is 57.1 Å². The van der Waals surface area contributed by atoms with Crippen LogP contribution in [0.15, 0.2) is 114 Å². The van der Waals surface area contributed by atoms with Crippen LogP contribution in [0.2, 0.25) is 0 Å². The Balaban J connectivity index is 1.81. The Labute approximate surface area is 259 Å². The summed E-state index contributed by atoms with van der Waals surface area (Å²) in [5.74, 6) is -1.83. The van der Waals surface area contributed by atoms with Crippen LogP contribution in [-0.4, -0.2) is 43.3 Å². The zero-order chi connectivity index (χ0) is 31.9. The van der Waals surface area contributed by atoms with Crippen molar-refractivity contribution in [1.82, 2.24) is 10.2 Å². The molecule has 0 saturated heterocycles. The molecule has 0 saturated carbocycles. The fourth-order valence-electron chi connectivity index (χ4n) is 4.79. The molecular weight excluding hydrogens is 577 g/mol. The standard InChI is InChI=1S/C35H38FN3O4S/c1-26-19-21-29(22-20-26)44(42,43)39(31-18-12-11-17-30(31)36)25-33(40)38(24-28-15-9-6-10-16-28)32(34(41)37-35(2,3)4)23-27-13-7-5-8-14-27/h5-22,32H,23-25H2,1-4H3,(H,37,41)/t32-/m0/s1. The van der Waals surface area contributed by atoms with E-state index >= 15 is 4.39 Å². The van der Waals surface area contributed by atoms with Crippen LogP contribution in [-0.2, 0) is 32.6 Å². The Kier molecular flexibility index (Phi) is 10.2. The van der Waals surface area contributed by atoms with Crippen molar-refractivity contribution >= 4 is 27.5 Å². The molecule has 0 aromatic heterocycles. The fourth-order valence-corrected chi connectivity index (χ4v) is 6.21. The van der Waals surface area contributed by atoms with Crippen molar-refractivity contribution in [1.29, 1.82) is 0 Å². The molecule has 9 heteroatoms. The number of amides is 2. The van der Waals surface area contributed by atoms with E-state index in [1.165, 1.54) is 35.2 Å². The van der Waals surface area contributed by atoms with Crippen LogP contribution >= 0.6 is 0 Å². The van der Waals surface area contributed by atoms with Gasteiger partial charge in [0.05, 0.1) is 10.6 Å². The van der Waals surface area contributed by atoms with Gasteiger partial charge < -0.3 is 10.2 Å². The Bertz CT molecular complexity index is 1670. The molecule has 0 aliphatic carbocycles. The van der Waals surface area contributed by atoms with Gasteiger partial charge in [0.15, 0.2) is 0 Å². The van der Waals surface area contributed by atoms with E-state index in [1.54, 1.807) is 12.1 Å². The molecule has 0 unspecified atom stereocenters. The highest BCUT2D eigenvalue weighted by atomic mass is 32.2. The quantitative estimate of drug-likeness (QED) is 0.228. The number of hydrogen-bond acceptors (Lipinski definition) is 4. The maximum atomic E-state index is 15.2. The molecule has 44 heavy (non-hydrogen) atoms. The lowest BCUT2D eigenvalue weighted by atomic mass is 10.0. The predicted molar refractivity (Wildman–Crippen MR) is 171 cm³/mol. The van der Waals surface area contributed by atoms with E-state index in [9.17, 15) is 18.0 Å². The van der Waals surface area contributed by atoms with Crippen LogP contribution < -0.4 is 9.62 Å². The second-order valence-electron chi connectivity index (χ2n) is 11.7. The third-order valence-corrected chi connectivity index (χ3v) is 8.75. The molecule has 0 spiro atoms. The Morgan fingerprint density at radius 3 is 1.91 bits per heavy atom. The Hall–Kier alpha value is -4.50. The molecule has 4 aromatic carbocycles. The molecule has 1 atom stereocenters. The molecule has 0 aliphatic heterocycles. The number of rotatable bonds is 11. The minimum absolute atomic E-state index is 0.0322. The van der Waals surface area contributed by atoms with Crippen LogP contribution in [0.1, 0.15) is 37.5 Å². The first-order valence-electron chi connectivity index (χ1n) is 14.4. The van der Waals surface area contributed by atoms with Crippen molar-refractivity contribution in [3.05, 3.63) is 132 Å². The van der Waals surface area contributed by atoms with Gasteiger partial charge in [0.25, 0.3) is 10.0 Å². The van der Waals surface area contributed by atoms with E-state index in [0.717, 1.165) is 27.1 Å². The second-order valence-corrected chi connectivity index (χ2v) is 13.6. The van der Waals surface area contributed by atoms with Crippen LogP contribution in [0.5, 0.6) is 0 Å². The summed E-state index contributed by atoms with van der Waals surface area (Å²) < 4.78 is 44.0. The third-order valence-electron chi connectivity index (χ3n) is 6.97. The number of sulfonamides is 1. The molecule has 0 aliphatic rings. The lowest BCUT2D eigenvalue weighted by Crippen LogP contribution is -2.56. The molecule has 230 valence electrons. The summed E-state index contributed by atoms with van der Waals surface area (Å²) in [6.07, 6.45) is 0.186. The van der Waals surface area contributed by atoms with E-state index in [-0.39, 0.29) is 29.5 Å². The first-order chi connectivity index (χ1) is 20.8. The molecule has 2 amide bonds. The predicted octanol–water partition coefficient (Wildman–Crippen LogP) is 5.88. The van der Waals surface area contributed by atoms with Gasteiger partial charge in [-0.05, 0) is 63.1 Å². The van der Waals surface area contributed by atoms with E-state index in [2.05, 4.69) is 5.32 Å². The van der Waals surface area contributed by atoms with Gasteiger partial charge in [-0.25, -0.2) is 12.8 Å². The number of carbonyl (C=O) groups is 2. The average Bonchev–Trinajstić information content (AvgIpc) is 2.98. The first-order valence-corrected chi connectivity index (χ1v) is 15.8. The minimum Gasteiger partial charge on any atom is -0.350 e. The monoisotopic (exact) mass is 615 g/mol. The zero-order valence-corrected chi connectivity index (χ0v) is 26.2. The van der Waals surface area contributed by atoms with E-state index in [4.69, 9.17) is 0 Å². The molecule has 0 radical (unpaired) electrons. The third kappa shape index (κ3) is 8.32. The van der Waals surface area contributed by atoms with Crippen molar-refractivity contribution < 1.29 is 22.4 Å². The maximum Gasteiger partial charge on any atom is 0.264 e. The SMILES string of the molecule is Cc1ccc(S(=O)(=O)N(CC(=O)N(Cc2ccccc2)[C@@H](Cc2ccccc2)C(=O)NC(C)(C)C)c2ccccc2F)cc1. The highest BCUT2D eigenvalue weighted by molar-refractivity contribution is 7.92. The molecule has 4 rings (SSSR count). The highest BCUT2D eigenvalue weighted by Gasteiger charge is 2.36. The highest BCUT2D eigenvalue weighted by Crippen LogP contribution is 2.27. The van der Waals surface area contributed by atoms with Gasteiger partial charge in [-0.2, -0.15) is 0 Å². The molecule has 0 bridgehead atoms. The van der Waals surface area contributed by atoms with Crippen molar-refractivity contribution in [3.63, 3.8) is 0 Å². The van der Waals surface area contributed by atoms with Gasteiger partial charge in [-0.3, -0.25) is 13.9 Å². The average molecular weight is 616 g/mol. The minimum atomic E-state index is -4.38. The topological polar surface area (TPSA) is 86.8 Å². The summed E-state index contributed by atoms with van der Waals surface area (Å²) >= 11 is 0. The molecule has 0 heterocycles.